The molecule has 30 heavy (non-hydrogen) atoms. The number of hydrogen-bond donors (Lipinski definition) is 1. The van der Waals surface area contributed by atoms with Gasteiger partial charge in [-0.05, 0) is 48.5 Å². The second kappa shape index (κ2) is 8.91. The Bertz CT molecular complexity index is 1120. The number of aromatic nitrogens is 2. The molecule has 0 aliphatic heterocycles. The third-order valence-corrected chi connectivity index (χ3v) is 4.31. The fraction of sp³-hybridized carbons (Fsp3) is 0.0870. The van der Waals surface area contributed by atoms with Crippen LogP contribution in [0.5, 0.6) is 11.5 Å². The van der Waals surface area contributed by atoms with Crippen molar-refractivity contribution in [3.8, 4) is 34.3 Å². The summed E-state index contributed by atoms with van der Waals surface area (Å²) in [5.41, 5.74) is 2.11. The molecule has 0 saturated carbocycles. The first-order valence-electron chi connectivity index (χ1n) is 9.28. The molecule has 3 aromatic carbocycles. The van der Waals surface area contributed by atoms with Gasteiger partial charge in [-0.15, -0.1) is 0 Å². The van der Waals surface area contributed by atoms with Crippen molar-refractivity contribution in [2.75, 3.05) is 19.0 Å². The van der Waals surface area contributed by atoms with E-state index in [1.54, 1.807) is 19.2 Å². The number of carbonyl (C=O) groups is 1. The van der Waals surface area contributed by atoms with Crippen LogP contribution in [0.3, 0.4) is 0 Å². The van der Waals surface area contributed by atoms with Crippen molar-refractivity contribution in [2.24, 2.45) is 0 Å². The van der Waals surface area contributed by atoms with Gasteiger partial charge >= 0.3 is 0 Å². The predicted molar refractivity (Wildman–Crippen MR) is 112 cm³/mol. The zero-order chi connectivity index (χ0) is 20.8. The quantitative estimate of drug-likeness (QED) is 0.493. The second-order valence-corrected chi connectivity index (χ2v) is 6.35. The highest BCUT2D eigenvalue weighted by Gasteiger charge is 2.16. The van der Waals surface area contributed by atoms with Crippen molar-refractivity contribution in [2.45, 2.75) is 0 Å². The van der Waals surface area contributed by atoms with Crippen LogP contribution >= 0.6 is 0 Å². The van der Waals surface area contributed by atoms with E-state index >= 15 is 0 Å². The maximum absolute atomic E-state index is 12.2. The van der Waals surface area contributed by atoms with Gasteiger partial charge < -0.3 is 19.3 Å². The van der Waals surface area contributed by atoms with Crippen molar-refractivity contribution < 1.29 is 18.8 Å². The Kier molecular flexibility index (Phi) is 5.70. The summed E-state index contributed by atoms with van der Waals surface area (Å²) in [6, 6.07) is 23.8. The Morgan fingerprint density at radius 2 is 1.70 bits per heavy atom. The van der Waals surface area contributed by atoms with Gasteiger partial charge in [-0.2, -0.15) is 4.98 Å². The first-order valence-corrected chi connectivity index (χ1v) is 9.28. The maximum atomic E-state index is 12.2. The molecule has 0 bridgehead atoms. The number of hydrogen-bond acceptors (Lipinski definition) is 6. The van der Waals surface area contributed by atoms with E-state index in [-0.39, 0.29) is 12.5 Å². The summed E-state index contributed by atoms with van der Waals surface area (Å²) >= 11 is 0. The van der Waals surface area contributed by atoms with Gasteiger partial charge in [0, 0.05) is 11.3 Å². The van der Waals surface area contributed by atoms with Crippen LogP contribution in [0.15, 0.2) is 83.4 Å². The molecule has 0 aliphatic carbocycles. The molecule has 150 valence electrons. The lowest BCUT2D eigenvalue weighted by atomic mass is 10.2. The maximum Gasteiger partial charge on any atom is 0.262 e. The third-order valence-electron chi connectivity index (χ3n) is 4.31. The number of carbonyl (C=O) groups excluding carboxylic acids is 1. The van der Waals surface area contributed by atoms with Crippen LogP contribution in [-0.2, 0) is 4.79 Å². The summed E-state index contributed by atoms with van der Waals surface area (Å²) in [6.45, 7) is -0.147. The lowest BCUT2D eigenvalue weighted by Crippen LogP contribution is -2.20. The number of nitrogens with zero attached hydrogens (tertiary/aromatic N) is 2. The molecule has 1 aromatic heterocycles. The van der Waals surface area contributed by atoms with Gasteiger partial charge in [0.05, 0.1) is 12.7 Å². The van der Waals surface area contributed by atoms with Crippen LogP contribution in [-0.4, -0.2) is 29.8 Å². The third kappa shape index (κ3) is 4.47. The van der Waals surface area contributed by atoms with Crippen LogP contribution in [0.4, 0.5) is 5.69 Å². The summed E-state index contributed by atoms with van der Waals surface area (Å²) in [5, 5.41) is 6.83. The number of rotatable bonds is 7. The molecule has 4 rings (SSSR count). The highest BCUT2D eigenvalue weighted by atomic mass is 16.5. The summed E-state index contributed by atoms with van der Waals surface area (Å²) in [5.74, 6) is 1.71. The lowest BCUT2D eigenvalue weighted by molar-refractivity contribution is -0.118. The molecule has 7 nitrogen and oxygen atoms in total. The minimum absolute atomic E-state index is 0.147. The number of nitrogens with one attached hydrogen (secondary N) is 1. The molecule has 0 fully saturated rings. The minimum atomic E-state index is -0.263. The summed E-state index contributed by atoms with van der Waals surface area (Å²) < 4.78 is 16.3. The summed E-state index contributed by atoms with van der Waals surface area (Å²) in [6.07, 6.45) is 0. The Hall–Kier alpha value is -4.13. The Labute approximate surface area is 173 Å². The van der Waals surface area contributed by atoms with Crippen LogP contribution in [0, 0.1) is 0 Å². The van der Waals surface area contributed by atoms with E-state index in [1.807, 2.05) is 66.7 Å². The molecular formula is C23H19N3O4. The molecule has 1 amide bonds. The molecule has 4 aromatic rings. The zero-order valence-electron chi connectivity index (χ0n) is 16.2. The van der Waals surface area contributed by atoms with Crippen LogP contribution in [0.1, 0.15) is 0 Å². The van der Waals surface area contributed by atoms with Gasteiger partial charge in [-0.25, -0.2) is 0 Å². The molecule has 0 spiro atoms. The molecule has 7 heteroatoms. The average Bonchev–Trinajstić information content (AvgIpc) is 3.29. The van der Waals surface area contributed by atoms with Gasteiger partial charge in [0.1, 0.15) is 11.5 Å². The van der Waals surface area contributed by atoms with Crippen LogP contribution in [0.2, 0.25) is 0 Å². The predicted octanol–water partition coefficient (Wildman–Crippen LogP) is 4.43. The van der Waals surface area contributed by atoms with Gasteiger partial charge in [-0.3, -0.25) is 4.79 Å². The Morgan fingerprint density at radius 1 is 0.967 bits per heavy atom. The van der Waals surface area contributed by atoms with E-state index in [2.05, 4.69) is 15.5 Å². The number of amides is 1. The van der Waals surface area contributed by atoms with E-state index in [0.717, 1.165) is 11.3 Å². The monoisotopic (exact) mass is 401 g/mol. The lowest BCUT2D eigenvalue weighted by Gasteiger charge is -2.09. The number of anilines is 1. The number of para-hydroxylation sites is 2. The first kappa shape index (κ1) is 19.2. The summed E-state index contributed by atoms with van der Waals surface area (Å²) in [4.78, 5) is 16.6. The highest BCUT2D eigenvalue weighted by molar-refractivity contribution is 5.91. The van der Waals surface area contributed by atoms with Crippen LogP contribution in [0.25, 0.3) is 22.8 Å². The molecule has 0 saturated heterocycles. The zero-order valence-corrected chi connectivity index (χ0v) is 16.2. The molecular weight excluding hydrogens is 382 g/mol. The fourth-order valence-electron chi connectivity index (χ4n) is 2.82. The standard InChI is InChI=1S/C23H19N3O4/c1-28-18-13-11-16(12-14-18)22-25-23(30-26-22)19-9-5-6-10-20(19)29-15-21(27)24-17-7-3-2-4-8-17/h2-14H,15H2,1H3,(H,24,27). The topological polar surface area (TPSA) is 86.5 Å². The van der Waals surface area contributed by atoms with Crippen molar-refractivity contribution in [1.29, 1.82) is 0 Å². The number of ether oxygens (including phenoxy) is 2. The molecule has 0 unspecified atom stereocenters. The van der Waals surface area contributed by atoms with Crippen molar-refractivity contribution >= 4 is 11.6 Å². The molecule has 0 aliphatic rings. The van der Waals surface area contributed by atoms with Gasteiger partial charge in [0.25, 0.3) is 11.8 Å². The second-order valence-electron chi connectivity index (χ2n) is 6.35. The molecule has 1 N–H and O–H groups in total. The normalized spacial score (nSPS) is 10.4. The largest absolute Gasteiger partial charge is 0.497 e. The van der Waals surface area contributed by atoms with Crippen molar-refractivity contribution in [3.63, 3.8) is 0 Å². The smallest absolute Gasteiger partial charge is 0.262 e. The van der Waals surface area contributed by atoms with E-state index < -0.39 is 0 Å². The SMILES string of the molecule is COc1ccc(-c2noc(-c3ccccc3OCC(=O)Nc3ccccc3)n2)cc1. The first-order chi connectivity index (χ1) is 14.7. The highest BCUT2D eigenvalue weighted by Crippen LogP contribution is 2.30. The van der Waals surface area contributed by atoms with E-state index in [9.17, 15) is 4.79 Å². The molecule has 1 heterocycles. The van der Waals surface area contributed by atoms with Gasteiger partial charge in [-0.1, -0.05) is 35.5 Å². The number of methoxy groups -OCH3 is 1. The minimum Gasteiger partial charge on any atom is -0.497 e. The van der Waals surface area contributed by atoms with E-state index in [4.69, 9.17) is 14.0 Å². The van der Waals surface area contributed by atoms with E-state index in [0.29, 0.717) is 28.7 Å². The summed E-state index contributed by atoms with van der Waals surface area (Å²) in [7, 11) is 1.61. The van der Waals surface area contributed by atoms with Crippen molar-refractivity contribution in [3.05, 3.63) is 78.9 Å². The van der Waals surface area contributed by atoms with Crippen molar-refractivity contribution in [1.82, 2.24) is 10.1 Å². The van der Waals surface area contributed by atoms with Gasteiger partial charge in [0.15, 0.2) is 6.61 Å². The Morgan fingerprint density at radius 3 is 2.47 bits per heavy atom. The molecule has 0 radical (unpaired) electrons. The number of benzene rings is 3. The Balaban J connectivity index is 1.48. The van der Waals surface area contributed by atoms with Crippen LogP contribution < -0.4 is 14.8 Å². The van der Waals surface area contributed by atoms with E-state index in [1.165, 1.54) is 0 Å². The average molecular weight is 401 g/mol. The molecule has 0 atom stereocenters. The fourth-order valence-corrected chi connectivity index (χ4v) is 2.82. The van der Waals surface area contributed by atoms with Gasteiger partial charge in [0.2, 0.25) is 5.82 Å².